The standard InChI is InChI=1S/C19H22FN3O3/c1-26-17-4-3-15(20)12-16(17)19(25)23-8-2-7-22(9-10-23)18(24)11-14-5-6-21-13-14/h3-6,12-13,21H,2,7-11H2,1H3. The first-order valence-electron chi connectivity index (χ1n) is 8.60. The first-order chi connectivity index (χ1) is 12.6. The number of carbonyl (C=O) groups is 2. The summed E-state index contributed by atoms with van der Waals surface area (Å²) in [4.78, 5) is 31.6. The van der Waals surface area contributed by atoms with E-state index in [1.54, 1.807) is 16.0 Å². The van der Waals surface area contributed by atoms with Gasteiger partial charge in [-0.1, -0.05) is 0 Å². The van der Waals surface area contributed by atoms with Gasteiger partial charge in [-0.3, -0.25) is 9.59 Å². The molecular weight excluding hydrogens is 337 g/mol. The third-order valence-electron chi connectivity index (χ3n) is 4.55. The van der Waals surface area contributed by atoms with Gasteiger partial charge in [-0.25, -0.2) is 4.39 Å². The Labute approximate surface area is 151 Å². The van der Waals surface area contributed by atoms with Gasteiger partial charge in [0, 0.05) is 38.6 Å². The summed E-state index contributed by atoms with van der Waals surface area (Å²) >= 11 is 0. The summed E-state index contributed by atoms with van der Waals surface area (Å²) in [5, 5.41) is 0. The lowest BCUT2D eigenvalue weighted by Gasteiger charge is -2.23. The molecule has 0 unspecified atom stereocenters. The Bertz CT molecular complexity index is 776. The topological polar surface area (TPSA) is 65.6 Å². The van der Waals surface area contributed by atoms with Gasteiger partial charge in [0.05, 0.1) is 19.1 Å². The molecule has 6 nitrogen and oxygen atoms in total. The largest absolute Gasteiger partial charge is 0.496 e. The number of amides is 2. The number of nitrogens with one attached hydrogen (secondary N) is 1. The summed E-state index contributed by atoms with van der Waals surface area (Å²) < 4.78 is 18.7. The third-order valence-corrected chi connectivity index (χ3v) is 4.55. The minimum absolute atomic E-state index is 0.0437. The van der Waals surface area contributed by atoms with E-state index in [-0.39, 0.29) is 17.4 Å². The molecule has 2 amide bonds. The van der Waals surface area contributed by atoms with Gasteiger partial charge < -0.3 is 19.5 Å². The maximum atomic E-state index is 13.6. The minimum atomic E-state index is -0.479. The minimum Gasteiger partial charge on any atom is -0.496 e. The quantitative estimate of drug-likeness (QED) is 0.909. The van der Waals surface area contributed by atoms with Crippen LogP contribution in [0, 0.1) is 5.82 Å². The van der Waals surface area contributed by atoms with Crippen LogP contribution in [0.2, 0.25) is 0 Å². The summed E-state index contributed by atoms with van der Waals surface area (Å²) in [5.41, 5.74) is 1.15. The SMILES string of the molecule is COc1ccc(F)cc1C(=O)N1CCCN(C(=O)Cc2cc[nH]c2)CC1. The van der Waals surface area contributed by atoms with Crippen molar-refractivity contribution in [2.24, 2.45) is 0 Å². The fourth-order valence-electron chi connectivity index (χ4n) is 3.14. The second-order valence-electron chi connectivity index (χ2n) is 6.27. The van der Waals surface area contributed by atoms with Gasteiger partial charge in [0.1, 0.15) is 11.6 Å². The number of aromatic amines is 1. The molecule has 0 bridgehead atoms. The van der Waals surface area contributed by atoms with E-state index in [0.717, 1.165) is 5.56 Å². The van der Waals surface area contributed by atoms with E-state index in [4.69, 9.17) is 4.74 Å². The molecule has 0 radical (unpaired) electrons. The summed E-state index contributed by atoms with van der Waals surface area (Å²) in [6.07, 6.45) is 4.62. The molecule has 7 heteroatoms. The van der Waals surface area contributed by atoms with E-state index in [9.17, 15) is 14.0 Å². The number of hydrogen-bond donors (Lipinski definition) is 1. The second-order valence-corrected chi connectivity index (χ2v) is 6.27. The first-order valence-corrected chi connectivity index (χ1v) is 8.60. The van der Waals surface area contributed by atoms with Gasteiger partial charge in [0.25, 0.3) is 5.91 Å². The maximum absolute atomic E-state index is 13.6. The van der Waals surface area contributed by atoms with Gasteiger partial charge >= 0.3 is 0 Å². The second kappa shape index (κ2) is 8.03. The molecule has 26 heavy (non-hydrogen) atoms. The average molecular weight is 359 g/mol. The van der Waals surface area contributed by atoms with Crippen molar-refractivity contribution in [3.63, 3.8) is 0 Å². The molecule has 1 saturated heterocycles. The molecule has 1 N–H and O–H groups in total. The number of carbonyl (C=O) groups excluding carboxylic acids is 2. The van der Waals surface area contributed by atoms with Crippen LogP contribution in [0.5, 0.6) is 5.75 Å². The predicted molar refractivity (Wildman–Crippen MR) is 94.5 cm³/mol. The molecule has 1 aromatic carbocycles. The molecular formula is C19H22FN3O3. The van der Waals surface area contributed by atoms with Gasteiger partial charge in [0.2, 0.25) is 5.91 Å². The van der Waals surface area contributed by atoms with Crippen LogP contribution in [0.25, 0.3) is 0 Å². The molecule has 138 valence electrons. The smallest absolute Gasteiger partial charge is 0.257 e. The van der Waals surface area contributed by atoms with Crippen LogP contribution in [-0.2, 0) is 11.2 Å². The Hall–Kier alpha value is -2.83. The number of ether oxygens (including phenoxy) is 1. The lowest BCUT2D eigenvalue weighted by molar-refractivity contribution is -0.130. The van der Waals surface area contributed by atoms with Crippen LogP contribution in [0.15, 0.2) is 36.7 Å². The lowest BCUT2D eigenvalue weighted by Crippen LogP contribution is -2.38. The molecule has 0 atom stereocenters. The number of halogens is 1. The van der Waals surface area contributed by atoms with Gasteiger partial charge in [-0.2, -0.15) is 0 Å². The van der Waals surface area contributed by atoms with Crippen LogP contribution in [0.4, 0.5) is 4.39 Å². The first kappa shape index (κ1) is 18.0. The van der Waals surface area contributed by atoms with Crippen molar-refractivity contribution in [3.8, 4) is 5.75 Å². The van der Waals surface area contributed by atoms with Crippen molar-refractivity contribution < 1.29 is 18.7 Å². The molecule has 2 aromatic rings. The maximum Gasteiger partial charge on any atom is 0.257 e. The van der Waals surface area contributed by atoms with Gasteiger partial charge in [-0.15, -0.1) is 0 Å². The number of nitrogens with zero attached hydrogens (tertiary/aromatic N) is 2. The van der Waals surface area contributed by atoms with Gasteiger partial charge in [-0.05, 0) is 36.2 Å². The average Bonchev–Trinajstić information content (AvgIpc) is 3.02. The van der Waals surface area contributed by atoms with E-state index in [0.29, 0.717) is 44.8 Å². The highest BCUT2D eigenvalue weighted by molar-refractivity contribution is 5.97. The van der Waals surface area contributed by atoms with Crippen LogP contribution >= 0.6 is 0 Å². The molecule has 0 saturated carbocycles. The predicted octanol–water partition coefficient (Wildman–Crippen LogP) is 2.08. The molecule has 0 spiro atoms. The highest BCUT2D eigenvalue weighted by Crippen LogP contribution is 2.22. The molecule has 1 aliphatic rings. The molecule has 3 rings (SSSR count). The fraction of sp³-hybridized carbons (Fsp3) is 0.368. The van der Waals surface area contributed by atoms with E-state index < -0.39 is 5.82 Å². The van der Waals surface area contributed by atoms with Crippen LogP contribution in [0.3, 0.4) is 0 Å². The van der Waals surface area contributed by atoms with Crippen LogP contribution < -0.4 is 4.74 Å². The number of H-pyrrole nitrogens is 1. The van der Waals surface area contributed by atoms with Crippen molar-refractivity contribution in [2.45, 2.75) is 12.8 Å². The number of benzene rings is 1. The highest BCUT2D eigenvalue weighted by atomic mass is 19.1. The monoisotopic (exact) mass is 359 g/mol. The van der Waals surface area contributed by atoms with E-state index in [2.05, 4.69) is 4.98 Å². The molecule has 1 aliphatic heterocycles. The van der Waals surface area contributed by atoms with Crippen molar-refractivity contribution in [3.05, 3.63) is 53.6 Å². The Morgan fingerprint density at radius 3 is 2.65 bits per heavy atom. The zero-order chi connectivity index (χ0) is 18.5. The third kappa shape index (κ3) is 4.04. The Kier molecular flexibility index (Phi) is 5.55. The zero-order valence-corrected chi connectivity index (χ0v) is 14.7. The van der Waals surface area contributed by atoms with Crippen molar-refractivity contribution in [1.82, 2.24) is 14.8 Å². The fourth-order valence-corrected chi connectivity index (χ4v) is 3.14. The number of aromatic nitrogens is 1. The number of hydrogen-bond acceptors (Lipinski definition) is 3. The number of rotatable bonds is 4. The van der Waals surface area contributed by atoms with E-state index in [1.165, 1.54) is 25.3 Å². The lowest BCUT2D eigenvalue weighted by atomic mass is 10.1. The van der Waals surface area contributed by atoms with Crippen LogP contribution in [0.1, 0.15) is 22.3 Å². The Morgan fingerprint density at radius 2 is 1.92 bits per heavy atom. The number of methoxy groups -OCH3 is 1. The molecule has 2 heterocycles. The Balaban J connectivity index is 1.66. The summed E-state index contributed by atoms with van der Waals surface area (Å²) in [7, 11) is 1.45. The van der Waals surface area contributed by atoms with Crippen molar-refractivity contribution >= 4 is 11.8 Å². The normalized spacial score (nSPS) is 14.8. The Morgan fingerprint density at radius 1 is 1.15 bits per heavy atom. The van der Waals surface area contributed by atoms with E-state index in [1.807, 2.05) is 12.3 Å². The summed E-state index contributed by atoms with van der Waals surface area (Å²) in [5.74, 6) is -0.364. The summed E-state index contributed by atoms with van der Waals surface area (Å²) in [6.45, 7) is 2.00. The van der Waals surface area contributed by atoms with Crippen LogP contribution in [-0.4, -0.2) is 59.9 Å². The zero-order valence-electron chi connectivity index (χ0n) is 14.7. The van der Waals surface area contributed by atoms with Crippen molar-refractivity contribution in [1.29, 1.82) is 0 Å². The highest BCUT2D eigenvalue weighted by Gasteiger charge is 2.25. The van der Waals surface area contributed by atoms with Crippen molar-refractivity contribution in [2.75, 3.05) is 33.3 Å². The molecule has 0 aliphatic carbocycles. The van der Waals surface area contributed by atoms with E-state index >= 15 is 0 Å². The molecule has 1 fully saturated rings. The molecule has 1 aromatic heterocycles. The van der Waals surface area contributed by atoms with Gasteiger partial charge in [0.15, 0.2) is 0 Å². The summed E-state index contributed by atoms with van der Waals surface area (Å²) in [6, 6.07) is 5.79.